The number of nitrogens with two attached hydrogens (primary N) is 1. The Hall–Kier alpha value is -1.14. The molecule has 0 atom stereocenters. The first-order valence-corrected chi connectivity index (χ1v) is 7.55. The van der Waals surface area contributed by atoms with Gasteiger partial charge in [-0.05, 0) is 40.7 Å². The van der Waals surface area contributed by atoms with E-state index in [1.165, 1.54) is 11.3 Å². The lowest BCUT2D eigenvalue weighted by Gasteiger charge is -2.22. The average molecular weight is 299 g/mol. The van der Waals surface area contributed by atoms with Crippen molar-refractivity contribution in [2.75, 3.05) is 11.9 Å². The number of anilines is 1. The van der Waals surface area contributed by atoms with Gasteiger partial charge in [-0.1, -0.05) is 13.8 Å². The second kappa shape index (κ2) is 6.10. The van der Waals surface area contributed by atoms with Gasteiger partial charge in [0.05, 0.1) is 5.69 Å². The number of rotatable bonds is 4. The van der Waals surface area contributed by atoms with Gasteiger partial charge < -0.3 is 10.5 Å². The van der Waals surface area contributed by atoms with Crippen molar-refractivity contribution in [1.82, 2.24) is 4.98 Å². The summed E-state index contributed by atoms with van der Waals surface area (Å²) in [7, 11) is 0. The number of hydrogen-bond donors (Lipinski definition) is 2. The molecule has 1 rings (SSSR count). The van der Waals surface area contributed by atoms with Crippen LogP contribution in [0, 0.1) is 6.92 Å². The van der Waals surface area contributed by atoms with Gasteiger partial charge in [-0.15, -0.1) is 11.3 Å². The van der Waals surface area contributed by atoms with Gasteiger partial charge in [0, 0.05) is 10.3 Å². The number of carbonyl (C=O) groups excluding carboxylic acids is 1. The monoisotopic (exact) mass is 299 g/mol. The third kappa shape index (κ3) is 4.76. The van der Waals surface area contributed by atoms with E-state index >= 15 is 0 Å². The lowest BCUT2D eigenvalue weighted by Crippen LogP contribution is -2.27. The molecule has 1 heterocycles. The Bertz CT molecular complexity index is 475. The maximum atomic E-state index is 11.7. The Balaban J connectivity index is 2.83. The lowest BCUT2D eigenvalue weighted by atomic mass is 9.87. The number of nitrogens with one attached hydrogen (secondary N) is 1. The summed E-state index contributed by atoms with van der Waals surface area (Å²) < 4.78 is 5.22. The van der Waals surface area contributed by atoms with Crippen LogP contribution in [0.3, 0.4) is 0 Å². The molecule has 20 heavy (non-hydrogen) atoms. The number of thiazole rings is 1. The third-order valence-corrected chi connectivity index (χ3v) is 4.23. The van der Waals surface area contributed by atoms with Crippen LogP contribution < -0.4 is 11.1 Å². The van der Waals surface area contributed by atoms with Crippen LogP contribution in [0.2, 0.25) is 0 Å². The van der Waals surface area contributed by atoms with Crippen LogP contribution >= 0.6 is 11.3 Å². The molecule has 0 fully saturated rings. The number of amides is 1. The summed E-state index contributed by atoms with van der Waals surface area (Å²) in [5, 5.41) is 3.26. The van der Waals surface area contributed by atoms with Gasteiger partial charge in [-0.2, -0.15) is 0 Å². The molecule has 0 aliphatic rings. The molecule has 3 N–H and O–H groups in total. The first kappa shape index (κ1) is 16.9. The second-order valence-electron chi connectivity index (χ2n) is 6.48. The Morgan fingerprint density at radius 1 is 1.35 bits per heavy atom. The largest absolute Gasteiger partial charge is 0.444 e. The maximum absolute atomic E-state index is 11.7. The first-order chi connectivity index (χ1) is 9.05. The van der Waals surface area contributed by atoms with E-state index in [-0.39, 0.29) is 5.41 Å². The van der Waals surface area contributed by atoms with E-state index in [0.29, 0.717) is 11.7 Å². The highest BCUT2D eigenvalue weighted by molar-refractivity contribution is 7.16. The van der Waals surface area contributed by atoms with E-state index in [4.69, 9.17) is 10.5 Å². The minimum absolute atomic E-state index is 0.0373. The van der Waals surface area contributed by atoms with E-state index in [1.807, 2.05) is 27.7 Å². The fraction of sp³-hybridized carbons (Fsp3) is 0.714. The van der Waals surface area contributed by atoms with E-state index in [9.17, 15) is 4.79 Å². The standard InChI is InChI=1S/C14H25N3O2S/c1-9-10(14(5,6)7-8-15)20-11(16-9)17-12(18)19-13(2,3)4/h7-8,15H2,1-6H3,(H,16,17,18). The maximum Gasteiger partial charge on any atom is 0.413 e. The predicted molar refractivity (Wildman–Crippen MR) is 83.4 cm³/mol. The Morgan fingerprint density at radius 3 is 2.45 bits per heavy atom. The highest BCUT2D eigenvalue weighted by Gasteiger charge is 2.26. The minimum atomic E-state index is -0.516. The average Bonchev–Trinajstić information content (AvgIpc) is 2.56. The van der Waals surface area contributed by atoms with Crippen molar-refractivity contribution in [2.45, 2.75) is 59.0 Å². The molecule has 1 aromatic heterocycles. The number of hydrogen-bond acceptors (Lipinski definition) is 5. The normalized spacial score (nSPS) is 12.3. The van der Waals surface area contributed by atoms with Crippen LogP contribution in [-0.4, -0.2) is 23.2 Å². The van der Waals surface area contributed by atoms with Gasteiger partial charge in [0.25, 0.3) is 0 Å². The van der Waals surface area contributed by atoms with Gasteiger partial charge in [0.2, 0.25) is 0 Å². The van der Waals surface area contributed by atoms with Crippen molar-refractivity contribution in [3.8, 4) is 0 Å². The van der Waals surface area contributed by atoms with Crippen LogP contribution in [0.25, 0.3) is 0 Å². The fourth-order valence-electron chi connectivity index (χ4n) is 1.94. The molecule has 0 radical (unpaired) electrons. The van der Waals surface area contributed by atoms with Crippen LogP contribution in [0.15, 0.2) is 0 Å². The van der Waals surface area contributed by atoms with Crippen molar-refractivity contribution in [2.24, 2.45) is 5.73 Å². The molecule has 0 saturated heterocycles. The zero-order chi connectivity index (χ0) is 15.6. The van der Waals surface area contributed by atoms with Gasteiger partial charge >= 0.3 is 6.09 Å². The van der Waals surface area contributed by atoms with Crippen molar-refractivity contribution in [1.29, 1.82) is 0 Å². The smallest absolute Gasteiger partial charge is 0.413 e. The molecule has 0 aliphatic heterocycles. The molecule has 1 aromatic rings. The molecule has 0 bridgehead atoms. The van der Waals surface area contributed by atoms with E-state index in [0.717, 1.165) is 17.0 Å². The molecule has 0 saturated carbocycles. The molecular formula is C14H25N3O2S. The van der Waals surface area contributed by atoms with E-state index < -0.39 is 11.7 Å². The summed E-state index contributed by atoms with van der Waals surface area (Å²) in [6.07, 6.45) is 0.400. The summed E-state index contributed by atoms with van der Waals surface area (Å²) in [5.74, 6) is 0. The number of aryl methyl sites for hydroxylation is 1. The number of carbonyl (C=O) groups is 1. The van der Waals surface area contributed by atoms with Crippen LogP contribution in [0.1, 0.15) is 51.6 Å². The molecule has 6 heteroatoms. The Labute approximate surface area is 124 Å². The van der Waals surface area contributed by atoms with Crippen molar-refractivity contribution in [3.05, 3.63) is 10.6 Å². The molecule has 0 aromatic carbocycles. The number of aromatic nitrogens is 1. The molecule has 0 unspecified atom stereocenters. The van der Waals surface area contributed by atoms with Crippen molar-refractivity contribution in [3.63, 3.8) is 0 Å². The minimum Gasteiger partial charge on any atom is -0.444 e. The summed E-state index contributed by atoms with van der Waals surface area (Å²) >= 11 is 1.48. The Morgan fingerprint density at radius 2 is 1.95 bits per heavy atom. The summed E-state index contributed by atoms with van der Waals surface area (Å²) in [4.78, 5) is 17.3. The van der Waals surface area contributed by atoms with Gasteiger partial charge in [0.15, 0.2) is 5.13 Å². The summed E-state index contributed by atoms with van der Waals surface area (Å²) in [5.41, 5.74) is 6.03. The summed E-state index contributed by atoms with van der Waals surface area (Å²) in [6.45, 7) is 12.3. The third-order valence-electron chi connectivity index (χ3n) is 2.79. The topological polar surface area (TPSA) is 77.2 Å². The Kier molecular flexibility index (Phi) is 5.15. The zero-order valence-electron chi connectivity index (χ0n) is 13.2. The fourth-order valence-corrected chi connectivity index (χ4v) is 3.03. The predicted octanol–water partition coefficient (Wildman–Crippen LogP) is 3.42. The summed E-state index contributed by atoms with van der Waals surface area (Å²) in [6, 6.07) is 0. The van der Waals surface area contributed by atoms with E-state index in [1.54, 1.807) is 0 Å². The van der Waals surface area contributed by atoms with Crippen molar-refractivity contribution >= 4 is 22.6 Å². The SMILES string of the molecule is Cc1nc(NC(=O)OC(C)(C)C)sc1C(C)(C)CCN. The van der Waals surface area contributed by atoms with Crippen molar-refractivity contribution < 1.29 is 9.53 Å². The molecule has 114 valence electrons. The zero-order valence-corrected chi connectivity index (χ0v) is 14.0. The molecule has 0 aliphatic carbocycles. The van der Waals surface area contributed by atoms with Crippen LogP contribution in [0.4, 0.5) is 9.93 Å². The lowest BCUT2D eigenvalue weighted by molar-refractivity contribution is 0.0636. The van der Waals surface area contributed by atoms with Gasteiger partial charge in [-0.3, -0.25) is 5.32 Å². The van der Waals surface area contributed by atoms with Crippen LogP contribution in [0.5, 0.6) is 0 Å². The highest BCUT2D eigenvalue weighted by atomic mass is 32.1. The molecule has 1 amide bonds. The van der Waals surface area contributed by atoms with Gasteiger partial charge in [0.1, 0.15) is 5.60 Å². The van der Waals surface area contributed by atoms with Gasteiger partial charge in [-0.25, -0.2) is 9.78 Å². The quantitative estimate of drug-likeness (QED) is 0.893. The number of ether oxygens (including phenoxy) is 1. The van der Waals surface area contributed by atoms with E-state index in [2.05, 4.69) is 24.1 Å². The highest BCUT2D eigenvalue weighted by Crippen LogP contribution is 2.36. The first-order valence-electron chi connectivity index (χ1n) is 6.73. The molecule has 0 spiro atoms. The number of nitrogens with zero attached hydrogens (tertiary/aromatic N) is 1. The molecular weight excluding hydrogens is 274 g/mol. The second-order valence-corrected chi connectivity index (χ2v) is 7.48. The van der Waals surface area contributed by atoms with Crippen LogP contribution in [-0.2, 0) is 10.2 Å². The molecule has 5 nitrogen and oxygen atoms in total.